The molecule has 1 fully saturated rings. The molecule has 2 aromatic rings. The molecule has 0 heterocycles. The lowest BCUT2D eigenvalue weighted by Crippen LogP contribution is -2.19. The van der Waals surface area contributed by atoms with E-state index in [0.717, 1.165) is 12.6 Å². The standard InChI is InChI=1S/C19H24N2/c1-14-10-15(2)12-18(11-14)21(3)19-7-5-4-6-16(19)13-20-17-8-9-17/h4-7,10-12,17,20H,8-9,13H2,1-3H3. The fraction of sp³-hybridized carbons (Fsp3) is 0.368. The summed E-state index contributed by atoms with van der Waals surface area (Å²) < 4.78 is 0. The minimum absolute atomic E-state index is 0.740. The second-order valence-corrected chi connectivity index (χ2v) is 6.19. The Labute approximate surface area is 127 Å². The second kappa shape index (κ2) is 5.90. The molecule has 1 aliphatic rings. The first kappa shape index (κ1) is 14.2. The van der Waals surface area contributed by atoms with Crippen LogP contribution in [0.5, 0.6) is 0 Å². The van der Waals surface area contributed by atoms with Gasteiger partial charge >= 0.3 is 0 Å². The Morgan fingerprint density at radius 3 is 2.38 bits per heavy atom. The molecular weight excluding hydrogens is 256 g/mol. The van der Waals surface area contributed by atoms with Gasteiger partial charge in [-0.2, -0.15) is 0 Å². The molecule has 1 N–H and O–H groups in total. The molecule has 0 radical (unpaired) electrons. The van der Waals surface area contributed by atoms with E-state index in [9.17, 15) is 0 Å². The van der Waals surface area contributed by atoms with Gasteiger partial charge in [0.15, 0.2) is 0 Å². The third-order valence-electron chi connectivity index (χ3n) is 4.11. The van der Waals surface area contributed by atoms with Crippen molar-refractivity contribution in [3.8, 4) is 0 Å². The van der Waals surface area contributed by atoms with Crippen LogP contribution in [0, 0.1) is 13.8 Å². The SMILES string of the molecule is Cc1cc(C)cc(N(C)c2ccccc2CNC2CC2)c1. The third-order valence-corrected chi connectivity index (χ3v) is 4.11. The molecule has 0 spiro atoms. The summed E-state index contributed by atoms with van der Waals surface area (Å²) in [6.45, 7) is 5.27. The van der Waals surface area contributed by atoms with Crippen LogP contribution in [0.2, 0.25) is 0 Å². The van der Waals surface area contributed by atoms with Gasteiger partial charge in [-0.1, -0.05) is 24.3 Å². The molecule has 2 nitrogen and oxygen atoms in total. The van der Waals surface area contributed by atoms with Crippen LogP contribution in [0.3, 0.4) is 0 Å². The summed E-state index contributed by atoms with van der Waals surface area (Å²) in [4.78, 5) is 2.30. The predicted octanol–water partition coefficient (Wildman–Crippen LogP) is 4.32. The number of anilines is 2. The fourth-order valence-electron chi connectivity index (χ4n) is 2.81. The molecule has 2 aromatic carbocycles. The number of rotatable bonds is 5. The van der Waals surface area contributed by atoms with Crippen LogP contribution in [0.1, 0.15) is 29.5 Å². The number of aryl methyl sites for hydroxylation is 2. The molecule has 0 amide bonds. The lowest BCUT2D eigenvalue weighted by atomic mass is 10.1. The van der Waals surface area contributed by atoms with E-state index in [-0.39, 0.29) is 0 Å². The van der Waals surface area contributed by atoms with Crippen LogP contribution < -0.4 is 10.2 Å². The molecular formula is C19H24N2. The zero-order valence-electron chi connectivity index (χ0n) is 13.2. The Balaban J connectivity index is 1.87. The van der Waals surface area contributed by atoms with Crippen LogP contribution in [-0.2, 0) is 6.54 Å². The van der Waals surface area contributed by atoms with E-state index in [1.165, 1.54) is 40.9 Å². The summed E-state index contributed by atoms with van der Waals surface area (Å²) >= 11 is 0. The first-order valence-corrected chi connectivity index (χ1v) is 7.77. The van der Waals surface area contributed by atoms with E-state index in [1.54, 1.807) is 0 Å². The fourth-order valence-corrected chi connectivity index (χ4v) is 2.81. The second-order valence-electron chi connectivity index (χ2n) is 6.19. The van der Waals surface area contributed by atoms with Crippen molar-refractivity contribution in [1.82, 2.24) is 5.32 Å². The monoisotopic (exact) mass is 280 g/mol. The van der Waals surface area contributed by atoms with Crippen molar-refractivity contribution in [2.45, 2.75) is 39.3 Å². The van der Waals surface area contributed by atoms with Gasteiger partial charge in [-0.05, 0) is 61.6 Å². The zero-order chi connectivity index (χ0) is 14.8. The van der Waals surface area contributed by atoms with Crippen molar-refractivity contribution >= 4 is 11.4 Å². The smallest absolute Gasteiger partial charge is 0.0453 e. The first-order valence-electron chi connectivity index (χ1n) is 7.77. The van der Waals surface area contributed by atoms with Gasteiger partial charge in [0, 0.05) is 31.0 Å². The Morgan fingerprint density at radius 2 is 1.71 bits per heavy atom. The highest BCUT2D eigenvalue weighted by atomic mass is 15.1. The van der Waals surface area contributed by atoms with Crippen LogP contribution in [-0.4, -0.2) is 13.1 Å². The molecule has 0 aliphatic heterocycles. The molecule has 3 rings (SSSR count). The maximum absolute atomic E-state index is 3.62. The van der Waals surface area contributed by atoms with Crippen LogP contribution in [0.15, 0.2) is 42.5 Å². The zero-order valence-corrected chi connectivity index (χ0v) is 13.2. The quantitative estimate of drug-likeness (QED) is 0.877. The van der Waals surface area contributed by atoms with Crippen LogP contribution >= 0.6 is 0 Å². The Bertz CT molecular complexity index is 609. The van der Waals surface area contributed by atoms with E-state index < -0.39 is 0 Å². The van der Waals surface area contributed by atoms with Crippen molar-refractivity contribution in [2.24, 2.45) is 0 Å². The molecule has 0 unspecified atom stereocenters. The van der Waals surface area contributed by atoms with Gasteiger partial charge in [-0.15, -0.1) is 0 Å². The Morgan fingerprint density at radius 1 is 1.05 bits per heavy atom. The van der Waals surface area contributed by atoms with Gasteiger partial charge in [-0.3, -0.25) is 0 Å². The number of hydrogen-bond acceptors (Lipinski definition) is 2. The minimum atomic E-state index is 0.740. The largest absolute Gasteiger partial charge is 0.344 e. The molecule has 110 valence electrons. The highest BCUT2D eigenvalue weighted by Crippen LogP contribution is 2.29. The number of para-hydroxylation sites is 1. The maximum Gasteiger partial charge on any atom is 0.0453 e. The van der Waals surface area contributed by atoms with E-state index in [4.69, 9.17) is 0 Å². The van der Waals surface area contributed by atoms with Crippen LogP contribution in [0.4, 0.5) is 11.4 Å². The normalized spacial score (nSPS) is 14.2. The number of nitrogens with one attached hydrogen (secondary N) is 1. The molecule has 0 atom stereocenters. The molecule has 0 aromatic heterocycles. The van der Waals surface area contributed by atoms with E-state index >= 15 is 0 Å². The molecule has 21 heavy (non-hydrogen) atoms. The van der Waals surface area contributed by atoms with Crippen molar-refractivity contribution < 1.29 is 0 Å². The molecule has 1 saturated carbocycles. The molecule has 2 heteroatoms. The van der Waals surface area contributed by atoms with Gasteiger partial charge in [-0.25, -0.2) is 0 Å². The summed E-state index contributed by atoms with van der Waals surface area (Å²) in [6, 6.07) is 16.1. The third kappa shape index (κ3) is 3.45. The Kier molecular flexibility index (Phi) is 3.98. The lowest BCUT2D eigenvalue weighted by molar-refractivity contribution is 0.687. The summed E-state index contributed by atoms with van der Waals surface area (Å²) in [6.07, 6.45) is 2.66. The topological polar surface area (TPSA) is 15.3 Å². The van der Waals surface area contributed by atoms with Gasteiger partial charge < -0.3 is 10.2 Å². The van der Waals surface area contributed by atoms with E-state index in [0.29, 0.717) is 0 Å². The highest BCUT2D eigenvalue weighted by molar-refractivity contribution is 5.66. The van der Waals surface area contributed by atoms with E-state index in [1.807, 2.05) is 0 Å². The van der Waals surface area contributed by atoms with Gasteiger partial charge in [0.1, 0.15) is 0 Å². The summed E-state index contributed by atoms with van der Waals surface area (Å²) in [7, 11) is 2.16. The maximum atomic E-state index is 3.62. The van der Waals surface area contributed by atoms with Crippen LogP contribution in [0.25, 0.3) is 0 Å². The van der Waals surface area contributed by atoms with Gasteiger partial charge in [0.05, 0.1) is 0 Å². The molecule has 1 aliphatic carbocycles. The summed E-state index contributed by atoms with van der Waals surface area (Å²) in [5.74, 6) is 0. The number of benzene rings is 2. The summed E-state index contributed by atoms with van der Waals surface area (Å²) in [5.41, 5.74) is 6.53. The number of nitrogens with zero attached hydrogens (tertiary/aromatic N) is 1. The van der Waals surface area contributed by atoms with E-state index in [2.05, 4.69) is 73.6 Å². The Hall–Kier alpha value is -1.80. The number of hydrogen-bond donors (Lipinski definition) is 1. The average Bonchev–Trinajstić information content (AvgIpc) is 3.28. The predicted molar refractivity (Wildman–Crippen MR) is 90.3 cm³/mol. The average molecular weight is 280 g/mol. The minimum Gasteiger partial charge on any atom is -0.344 e. The summed E-state index contributed by atoms with van der Waals surface area (Å²) in [5, 5.41) is 3.62. The van der Waals surface area contributed by atoms with Crippen molar-refractivity contribution in [2.75, 3.05) is 11.9 Å². The van der Waals surface area contributed by atoms with Gasteiger partial charge in [0.2, 0.25) is 0 Å². The highest BCUT2D eigenvalue weighted by Gasteiger charge is 2.20. The first-order chi connectivity index (χ1) is 10.1. The lowest BCUT2D eigenvalue weighted by Gasteiger charge is -2.24. The van der Waals surface area contributed by atoms with Crippen molar-refractivity contribution in [3.05, 3.63) is 59.2 Å². The van der Waals surface area contributed by atoms with Crippen molar-refractivity contribution in [3.63, 3.8) is 0 Å². The molecule has 0 bridgehead atoms. The van der Waals surface area contributed by atoms with Gasteiger partial charge in [0.25, 0.3) is 0 Å². The molecule has 0 saturated heterocycles. The van der Waals surface area contributed by atoms with Crippen molar-refractivity contribution in [1.29, 1.82) is 0 Å².